The summed E-state index contributed by atoms with van der Waals surface area (Å²) in [7, 11) is -2.78. The molecule has 1 amide bonds. The Balaban J connectivity index is 2.76. The fourth-order valence-electron chi connectivity index (χ4n) is 0.550. The predicted octanol–water partition coefficient (Wildman–Crippen LogP) is 0.455. The Morgan fingerprint density at radius 3 is 2.58 bits per heavy atom. The van der Waals surface area contributed by atoms with Crippen molar-refractivity contribution in [1.82, 2.24) is 4.31 Å². The second kappa shape index (κ2) is 3.52. The maximum absolute atomic E-state index is 11.0. The van der Waals surface area contributed by atoms with Crippen LogP contribution in [0.1, 0.15) is 0 Å². The summed E-state index contributed by atoms with van der Waals surface area (Å²) < 4.78 is 22.9. The van der Waals surface area contributed by atoms with Gasteiger partial charge in [0.25, 0.3) is 0 Å². The standard InChI is InChI=1S/C4H5NO3S4/c1-12(7,8)11-5-3(6)2-10-4(5)9/h2H2,1H3. The topological polar surface area (TPSA) is 54.5 Å². The van der Waals surface area contributed by atoms with Gasteiger partial charge in [0.05, 0.1) is 23.0 Å². The molecule has 0 spiro atoms. The van der Waals surface area contributed by atoms with Crippen LogP contribution in [0.25, 0.3) is 0 Å². The van der Waals surface area contributed by atoms with E-state index in [0.29, 0.717) is 15.3 Å². The molecule has 0 aromatic rings. The lowest BCUT2D eigenvalue weighted by atomic mass is 10.7. The summed E-state index contributed by atoms with van der Waals surface area (Å²) in [5.74, 6) is -0.0260. The van der Waals surface area contributed by atoms with Crippen molar-refractivity contribution in [3.8, 4) is 0 Å². The second-order valence-corrected chi connectivity index (χ2v) is 7.82. The highest BCUT2D eigenvalue weighted by molar-refractivity contribution is 8.71. The van der Waals surface area contributed by atoms with E-state index < -0.39 is 8.87 Å². The minimum Gasteiger partial charge on any atom is -0.273 e. The molecule has 1 aliphatic rings. The molecule has 4 nitrogen and oxygen atoms in total. The van der Waals surface area contributed by atoms with Crippen molar-refractivity contribution in [2.24, 2.45) is 0 Å². The zero-order valence-electron chi connectivity index (χ0n) is 6.01. The van der Waals surface area contributed by atoms with Crippen molar-refractivity contribution in [1.29, 1.82) is 0 Å². The van der Waals surface area contributed by atoms with Gasteiger partial charge in [0, 0.05) is 0 Å². The van der Waals surface area contributed by atoms with Crippen molar-refractivity contribution in [3.05, 3.63) is 0 Å². The van der Waals surface area contributed by atoms with Crippen LogP contribution in [0.2, 0.25) is 0 Å². The van der Waals surface area contributed by atoms with E-state index in [1.807, 2.05) is 0 Å². The summed E-state index contributed by atoms with van der Waals surface area (Å²) in [6.45, 7) is 0. The molecule has 0 aliphatic carbocycles. The molecule has 0 N–H and O–H groups in total. The second-order valence-electron chi connectivity index (χ2n) is 2.02. The van der Waals surface area contributed by atoms with Gasteiger partial charge in [-0.3, -0.25) is 4.79 Å². The molecule has 1 rings (SSSR count). The number of carbonyl (C=O) groups excluding carboxylic acids is 1. The van der Waals surface area contributed by atoms with Gasteiger partial charge in [0.1, 0.15) is 0 Å². The fourth-order valence-corrected chi connectivity index (χ4v) is 3.93. The number of nitrogens with zero attached hydrogens (tertiary/aromatic N) is 1. The molecule has 0 saturated carbocycles. The highest BCUT2D eigenvalue weighted by atomic mass is 33.1. The van der Waals surface area contributed by atoms with Crippen molar-refractivity contribution in [3.63, 3.8) is 0 Å². The molecule has 1 fully saturated rings. The van der Waals surface area contributed by atoms with Crippen LogP contribution in [-0.2, 0) is 13.7 Å². The summed E-state index contributed by atoms with van der Waals surface area (Å²) in [4.78, 5) is 11.0. The Hall–Kier alpha value is 0.210. The Bertz CT molecular complexity index is 305. The summed E-state index contributed by atoms with van der Waals surface area (Å²) in [6, 6.07) is 0. The van der Waals surface area contributed by atoms with Crippen LogP contribution < -0.4 is 0 Å². The molecular weight excluding hydrogens is 238 g/mol. The molecular formula is C4H5NO3S4. The number of thioether (sulfide) groups is 1. The number of hydrogen-bond acceptors (Lipinski definition) is 6. The van der Waals surface area contributed by atoms with Crippen molar-refractivity contribution in [2.45, 2.75) is 0 Å². The third-order valence-corrected chi connectivity index (χ3v) is 4.58. The van der Waals surface area contributed by atoms with Gasteiger partial charge >= 0.3 is 0 Å². The number of amides is 1. The highest BCUT2D eigenvalue weighted by Gasteiger charge is 2.30. The number of thiocarbonyl (C=S) groups is 1. The minimum absolute atomic E-state index is 0.237. The third kappa shape index (κ3) is 2.61. The predicted molar refractivity (Wildman–Crippen MR) is 54.3 cm³/mol. The van der Waals surface area contributed by atoms with Gasteiger partial charge in [0.15, 0.2) is 4.32 Å². The lowest BCUT2D eigenvalue weighted by Gasteiger charge is -2.09. The van der Waals surface area contributed by atoms with Gasteiger partial charge < -0.3 is 0 Å². The lowest BCUT2D eigenvalue weighted by molar-refractivity contribution is -0.120. The van der Waals surface area contributed by atoms with Gasteiger partial charge in [-0.25, -0.2) is 12.7 Å². The normalized spacial score (nSPS) is 18.9. The van der Waals surface area contributed by atoms with Gasteiger partial charge in [0.2, 0.25) is 14.8 Å². The van der Waals surface area contributed by atoms with E-state index in [4.69, 9.17) is 12.2 Å². The van der Waals surface area contributed by atoms with E-state index in [9.17, 15) is 13.2 Å². The van der Waals surface area contributed by atoms with Gasteiger partial charge in [-0.2, -0.15) is 0 Å². The molecule has 68 valence electrons. The molecule has 0 radical (unpaired) electrons. The monoisotopic (exact) mass is 243 g/mol. The summed E-state index contributed by atoms with van der Waals surface area (Å²) in [5, 5.41) is 0. The van der Waals surface area contributed by atoms with Crippen LogP contribution in [0.15, 0.2) is 0 Å². The first-order valence-electron chi connectivity index (χ1n) is 2.79. The quantitative estimate of drug-likeness (QED) is 0.399. The maximum Gasteiger partial charge on any atom is 0.249 e. The Kier molecular flexibility index (Phi) is 3.02. The summed E-state index contributed by atoms with van der Waals surface area (Å²) >= 11 is 5.95. The molecule has 1 heterocycles. The average molecular weight is 243 g/mol. The van der Waals surface area contributed by atoms with Crippen LogP contribution in [0.5, 0.6) is 0 Å². The number of rotatable bonds is 2. The van der Waals surface area contributed by atoms with Crippen molar-refractivity contribution in [2.75, 3.05) is 12.0 Å². The van der Waals surface area contributed by atoms with E-state index in [2.05, 4.69) is 0 Å². The van der Waals surface area contributed by atoms with E-state index in [1.165, 1.54) is 11.8 Å². The van der Waals surface area contributed by atoms with E-state index in [-0.39, 0.29) is 11.7 Å². The SMILES string of the molecule is CS(=O)(=O)SN1C(=O)CSC1=S. The maximum atomic E-state index is 11.0. The van der Waals surface area contributed by atoms with Crippen LogP contribution in [0.3, 0.4) is 0 Å². The zero-order chi connectivity index (χ0) is 9.35. The minimum atomic E-state index is -3.25. The third-order valence-electron chi connectivity index (χ3n) is 0.921. The summed E-state index contributed by atoms with van der Waals surface area (Å²) in [6.07, 6.45) is 1.04. The zero-order valence-corrected chi connectivity index (χ0v) is 9.28. The molecule has 1 saturated heterocycles. The molecule has 0 aromatic heterocycles. The van der Waals surface area contributed by atoms with Crippen molar-refractivity contribution >= 4 is 54.1 Å². The van der Waals surface area contributed by atoms with Crippen LogP contribution in [0.4, 0.5) is 0 Å². The first kappa shape index (κ1) is 10.3. The molecule has 12 heavy (non-hydrogen) atoms. The Labute approximate surface area is 83.5 Å². The molecule has 1 aliphatic heterocycles. The Morgan fingerprint density at radius 2 is 2.25 bits per heavy atom. The number of hydrogen-bond donors (Lipinski definition) is 0. The lowest BCUT2D eigenvalue weighted by Crippen LogP contribution is -2.22. The average Bonchev–Trinajstić information content (AvgIpc) is 2.16. The molecule has 0 aromatic carbocycles. The van der Waals surface area contributed by atoms with Crippen LogP contribution in [-0.4, -0.2) is 35.0 Å². The molecule has 0 unspecified atom stereocenters. The number of carbonyl (C=O) groups is 1. The Morgan fingerprint density at radius 1 is 1.67 bits per heavy atom. The van der Waals surface area contributed by atoms with E-state index in [0.717, 1.165) is 10.6 Å². The van der Waals surface area contributed by atoms with Crippen molar-refractivity contribution < 1.29 is 13.2 Å². The van der Waals surface area contributed by atoms with E-state index in [1.54, 1.807) is 0 Å². The first-order chi connectivity index (χ1) is 5.40. The van der Waals surface area contributed by atoms with Gasteiger partial charge in [-0.05, 0) is 0 Å². The largest absolute Gasteiger partial charge is 0.273 e. The smallest absolute Gasteiger partial charge is 0.249 e. The van der Waals surface area contributed by atoms with E-state index >= 15 is 0 Å². The molecule has 0 atom stereocenters. The first-order valence-corrected chi connectivity index (χ1v) is 7.37. The van der Waals surface area contributed by atoms with Gasteiger partial charge in [-0.15, -0.1) is 0 Å². The molecule has 0 bridgehead atoms. The van der Waals surface area contributed by atoms with Gasteiger partial charge in [-0.1, -0.05) is 24.0 Å². The molecule has 8 heteroatoms. The van der Waals surface area contributed by atoms with Crippen LogP contribution >= 0.6 is 35.0 Å². The summed E-state index contributed by atoms with van der Waals surface area (Å²) in [5.41, 5.74) is 0. The fraction of sp³-hybridized carbons (Fsp3) is 0.500. The highest BCUT2D eigenvalue weighted by Crippen LogP contribution is 2.29. The van der Waals surface area contributed by atoms with Crippen LogP contribution in [0, 0.1) is 0 Å².